The molecule has 0 bridgehead atoms. The third-order valence-electron chi connectivity index (χ3n) is 4.48. The zero-order valence-electron chi connectivity index (χ0n) is 14.9. The standard InChI is InChI=1S/C19H23N3O4S/c23-17-9-12-22(14-17)27(25,26)18-8-3-5-15(13-18)19(24)21-11-4-7-16-6-1-2-10-20-16/h1-3,5-6,8,10,13,17,23H,4,7,9,11-12,14H2,(H,21,24)/t17-/m1/s1. The molecule has 1 fully saturated rings. The second kappa shape index (κ2) is 8.60. The van der Waals surface area contributed by atoms with Crippen LogP contribution in [0.1, 0.15) is 28.9 Å². The predicted molar refractivity (Wildman–Crippen MR) is 101 cm³/mol. The highest BCUT2D eigenvalue weighted by atomic mass is 32.2. The number of hydrogen-bond acceptors (Lipinski definition) is 5. The number of carbonyl (C=O) groups is 1. The summed E-state index contributed by atoms with van der Waals surface area (Å²) in [4.78, 5) is 16.6. The molecule has 1 aromatic heterocycles. The first-order valence-corrected chi connectivity index (χ1v) is 10.4. The maximum atomic E-state index is 12.6. The van der Waals surface area contributed by atoms with Gasteiger partial charge in [-0.3, -0.25) is 9.78 Å². The molecule has 1 aliphatic heterocycles. The number of nitrogens with one attached hydrogen (secondary N) is 1. The van der Waals surface area contributed by atoms with Crippen molar-refractivity contribution in [3.63, 3.8) is 0 Å². The molecule has 3 rings (SSSR count). The maximum absolute atomic E-state index is 12.6. The molecular formula is C19H23N3O4S. The maximum Gasteiger partial charge on any atom is 0.251 e. The lowest BCUT2D eigenvalue weighted by atomic mass is 10.2. The van der Waals surface area contributed by atoms with Gasteiger partial charge < -0.3 is 10.4 Å². The van der Waals surface area contributed by atoms with E-state index in [1.165, 1.54) is 16.4 Å². The van der Waals surface area contributed by atoms with E-state index in [2.05, 4.69) is 10.3 Å². The molecule has 1 amide bonds. The number of aryl methyl sites for hydroxylation is 1. The molecule has 8 heteroatoms. The van der Waals surface area contributed by atoms with E-state index >= 15 is 0 Å². The van der Waals surface area contributed by atoms with Crippen molar-refractivity contribution in [1.82, 2.24) is 14.6 Å². The average Bonchev–Trinajstić information content (AvgIpc) is 3.13. The van der Waals surface area contributed by atoms with Gasteiger partial charge >= 0.3 is 0 Å². The van der Waals surface area contributed by atoms with Crippen LogP contribution < -0.4 is 5.32 Å². The van der Waals surface area contributed by atoms with Crippen molar-refractivity contribution in [2.45, 2.75) is 30.3 Å². The molecule has 2 heterocycles. The summed E-state index contributed by atoms with van der Waals surface area (Å²) in [5, 5.41) is 12.4. The Morgan fingerprint density at radius 3 is 2.81 bits per heavy atom. The van der Waals surface area contributed by atoms with Crippen molar-refractivity contribution in [3.05, 3.63) is 59.9 Å². The number of aliphatic hydroxyl groups excluding tert-OH is 1. The normalized spacial score (nSPS) is 17.7. The van der Waals surface area contributed by atoms with Gasteiger partial charge in [-0.05, 0) is 49.6 Å². The van der Waals surface area contributed by atoms with Crippen molar-refractivity contribution in [2.24, 2.45) is 0 Å². The van der Waals surface area contributed by atoms with Gasteiger partial charge in [0.2, 0.25) is 10.0 Å². The molecule has 144 valence electrons. The molecule has 27 heavy (non-hydrogen) atoms. The summed E-state index contributed by atoms with van der Waals surface area (Å²) in [6, 6.07) is 11.7. The first-order chi connectivity index (χ1) is 13.0. The second-order valence-corrected chi connectivity index (χ2v) is 8.45. The second-order valence-electron chi connectivity index (χ2n) is 6.51. The summed E-state index contributed by atoms with van der Waals surface area (Å²) in [6.45, 7) is 0.852. The van der Waals surface area contributed by atoms with Crippen LogP contribution in [-0.2, 0) is 16.4 Å². The number of carbonyl (C=O) groups excluding carboxylic acids is 1. The molecule has 0 unspecified atom stereocenters. The van der Waals surface area contributed by atoms with Crippen LogP contribution in [-0.4, -0.2) is 54.5 Å². The van der Waals surface area contributed by atoms with Crippen molar-refractivity contribution in [3.8, 4) is 0 Å². The summed E-state index contributed by atoms with van der Waals surface area (Å²) < 4.78 is 26.5. The van der Waals surface area contributed by atoms with Crippen LogP contribution in [0.4, 0.5) is 0 Å². The van der Waals surface area contributed by atoms with Gasteiger partial charge in [-0.1, -0.05) is 12.1 Å². The van der Waals surface area contributed by atoms with Gasteiger partial charge in [0.05, 0.1) is 11.0 Å². The number of benzene rings is 1. The number of amides is 1. The lowest BCUT2D eigenvalue weighted by molar-refractivity contribution is 0.0953. The van der Waals surface area contributed by atoms with Gasteiger partial charge in [-0.25, -0.2) is 8.42 Å². The third kappa shape index (κ3) is 4.91. The van der Waals surface area contributed by atoms with Crippen molar-refractivity contribution < 1.29 is 18.3 Å². The van der Waals surface area contributed by atoms with E-state index in [0.29, 0.717) is 18.5 Å². The Bertz CT molecular complexity index is 887. The molecule has 2 N–H and O–H groups in total. The number of rotatable bonds is 7. The average molecular weight is 389 g/mol. The highest BCUT2D eigenvalue weighted by molar-refractivity contribution is 7.89. The summed E-state index contributed by atoms with van der Waals surface area (Å²) in [5.74, 6) is -0.311. The van der Waals surface area contributed by atoms with Crippen LogP contribution in [0.2, 0.25) is 0 Å². The Hall–Kier alpha value is -2.29. The summed E-state index contributed by atoms with van der Waals surface area (Å²) in [7, 11) is -3.70. The number of hydrogen-bond donors (Lipinski definition) is 2. The molecule has 1 saturated heterocycles. The van der Waals surface area contributed by atoms with Gasteiger partial charge in [0, 0.05) is 37.1 Å². The minimum Gasteiger partial charge on any atom is -0.392 e. The molecule has 1 aromatic carbocycles. The quantitative estimate of drug-likeness (QED) is 0.693. The van der Waals surface area contributed by atoms with E-state index in [9.17, 15) is 18.3 Å². The van der Waals surface area contributed by atoms with Gasteiger partial charge in [0.25, 0.3) is 5.91 Å². The van der Waals surface area contributed by atoms with E-state index in [1.54, 1.807) is 18.3 Å². The molecule has 1 aliphatic rings. The van der Waals surface area contributed by atoms with Crippen LogP contribution in [0.5, 0.6) is 0 Å². The number of aromatic nitrogens is 1. The van der Waals surface area contributed by atoms with E-state index in [-0.39, 0.29) is 23.9 Å². The first-order valence-electron chi connectivity index (χ1n) is 8.93. The van der Waals surface area contributed by atoms with E-state index in [4.69, 9.17) is 0 Å². The van der Waals surface area contributed by atoms with E-state index in [1.807, 2.05) is 18.2 Å². The van der Waals surface area contributed by atoms with Crippen molar-refractivity contribution in [1.29, 1.82) is 0 Å². The highest BCUT2D eigenvalue weighted by Gasteiger charge is 2.31. The molecule has 0 spiro atoms. The van der Waals surface area contributed by atoms with E-state index < -0.39 is 16.1 Å². The predicted octanol–water partition coefficient (Wildman–Crippen LogP) is 1.20. The molecule has 2 aromatic rings. The fraction of sp³-hybridized carbons (Fsp3) is 0.368. The van der Waals surface area contributed by atoms with Crippen molar-refractivity contribution in [2.75, 3.05) is 19.6 Å². The fourth-order valence-corrected chi connectivity index (χ4v) is 4.53. The van der Waals surface area contributed by atoms with Crippen LogP contribution in [0.25, 0.3) is 0 Å². The molecule has 7 nitrogen and oxygen atoms in total. The topological polar surface area (TPSA) is 99.6 Å². The smallest absolute Gasteiger partial charge is 0.251 e. The zero-order valence-corrected chi connectivity index (χ0v) is 15.7. The minimum absolute atomic E-state index is 0.0673. The van der Waals surface area contributed by atoms with Gasteiger partial charge in [-0.15, -0.1) is 0 Å². The lowest BCUT2D eigenvalue weighted by Gasteiger charge is -2.16. The van der Waals surface area contributed by atoms with Gasteiger partial charge in [0.15, 0.2) is 0 Å². The number of pyridine rings is 1. The Morgan fingerprint density at radius 1 is 1.26 bits per heavy atom. The Kier molecular flexibility index (Phi) is 6.20. The lowest BCUT2D eigenvalue weighted by Crippen LogP contribution is -2.30. The summed E-state index contributed by atoms with van der Waals surface area (Å²) in [6.07, 6.45) is 3.03. The molecule has 0 aliphatic carbocycles. The fourth-order valence-electron chi connectivity index (χ4n) is 3.00. The Labute approximate surface area is 159 Å². The van der Waals surface area contributed by atoms with Crippen molar-refractivity contribution >= 4 is 15.9 Å². The Morgan fingerprint density at radius 2 is 2.11 bits per heavy atom. The largest absolute Gasteiger partial charge is 0.392 e. The minimum atomic E-state index is -3.70. The number of β-amino-alcohol motifs (C(OH)–C–C–N with tert-alkyl or cyclic N) is 1. The van der Waals surface area contributed by atoms with Crippen LogP contribution in [0.3, 0.4) is 0 Å². The number of nitrogens with zero attached hydrogens (tertiary/aromatic N) is 2. The molecule has 1 atom stereocenters. The first kappa shape index (κ1) is 19.5. The van der Waals surface area contributed by atoms with Crippen LogP contribution in [0, 0.1) is 0 Å². The zero-order chi connectivity index (χ0) is 19.3. The SMILES string of the molecule is O=C(NCCCc1ccccn1)c1cccc(S(=O)(=O)N2CC[C@@H](O)C2)c1. The van der Waals surface area contributed by atoms with E-state index in [0.717, 1.165) is 18.5 Å². The Balaban J connectivity index is 1.58. The van der Waals surface area contributed by atoms with Crippen LogP contribution in [0.15, 0.2) is 53.6 Å². The van der Waals surface area contributed by atoms with Gasteiger partial charge in [-0.2, -0.15) is 4.31 Å². The molecule has 0 saturated carbocycles. The highest BCUT2D eigenvalue weighted by Crippen LogP contribution is 2.21. The third-order valence-corrected chi connectivity index (χ3v) is 6.34. The van der Waals surface area contributed by atoms with Crippen LogP contribution >= 0.6 is 0 Å². The molecule has 0 radical (unpaired) electrons. The number of sulfonamides is 1. The number of aliphatic hydroxyl groups is 1. The summed E-state index contributed by atoms with van der Waals surface area (Å²) in [5.41, 5.74) is 1.27. The monoisotopic (exact) mass is 389 g/mol. The molecular weight excluding hydrogens is 366 g/mol. The summed E-state index contributed by atoms with van der Waals surface area (Å²) >= 11 is 0. The van der Waals surface area contributed by atoms with Gasteiger partial charge in [0.1, 0.15) is 0 Å².